The second-order valence-electron chi connectivity index (χ2n) is 4.42. The number of hydrogen-bond acceptors (Lipinski definition) is 3. The number of rotatable bonds is 5. The van der Waals surface area contributed by atoms with Crippen molar-refractivity contribution >= 4 is 27.8 Å². The third kappa shape index (κ3) is 4.66. The summed E-state index contributed by atoms with van der Waals surface area (Å²) in [6, 6.07) is 0. The molecule has 2 atom stereocenters. The lowest BCUT2D eigenvalue weighted by Crippen LogP contribution is -2.37. The maximum Gasteiger partial charge on any atom is 0.309 e. The molecule has 0 saturated heterocycles. The molecule has 1 saturated carbocycles. The van der Waals surface area contributed by atoms with Crippen LogP contribution >= 0.6 is 15.9 Å². The number of alkyl halides is 1. The van der Waals surface area contributed by atoms with Crippen LogP contribution in [-0.4, -0.2) is 30.9 Å². The predicted molar refractivity (Wildman–Crippen MR) is 68.9 cm³/mol. The number of halogens is 1. The van der Waals surface area contributed by atoms with Crippen LogP contribution in [0, 0.1) is 11.8 Å². The molecule has 17 heavy (non-hydrogen) atoms. The zero-order valence-electron chi connectivity index (χ0n) is 10.2. The summed E-state index contributed by atoms with van der Waals surface area (Å²) in [7, 11) is 1.43. The molecular formula is C12H20BrNO3. The van der Waals surface area contributed by atoms with Crippen LogP contribution in [0.25, 0.3) is 0 Å². The number of hydrogen-bond donors (Lipinski definition) is 1. The molecule has 0 aromatic carbocycles. The van der Waals surface area contributed by atoms with E-state index in [1.807, 2.05) is 0 Å². The minimum absolute atomic E-state index is 0.0380. The highest BCUT2D eigenvalue weighted by Gasteiger charge is 2.31. The van der Waals surface area contributed by atoms with Crippen LogP contribution < -0.4 is 5.32 Å². The Balaban J connectivity index is 2.42. The molecule has 1 fully saturated rings. The van der Waals surface area contributed by atoms with Gasteiger partial charge in [-0.15, -0.1) is 0 Å². The molecule has 0 heterocycles. The number of amides is 1. The van der Waals surface area contributed by atoms with E-state index in [4.69, 9.17) is 4.74 Å². The molecule has 0 aliphatic heterocycles. The fraction of sp³-hybridized carbons (Fsp3) is 0.833. The van der Waals surface area contributed by atoms with E-state index in [0.717, 1.165) is 25.7 Å². The standard InChI is InChI=1S/C12H20BrNO3/c1-17-12(16)10-5-3-2-4-9(10)8-14-11(15)6-7-13/h9-10H,2-8H2,1H3,(H,14,15). The summed E-state index contributed by atoms with van der Waals surface area (Å²) in [5.74, 6) is 0.0917. The quantitative estimate of drug-likeness (QED) is 0.623. The van der Waals surface area contributed by atoms with Crippen LogP contribution in [0.5, 0.6) is 0 Å². The van der Waals surface area contributed by atoms with Crippen molar-refractivity contribution in [3.63, 3.8) is 0 Å². The van der Waals surface area contributed by atoms with Gasteiger partial charge in [-0.25, -0.2) is 0 Å². The summed E-state index contributed by atoms with van der Waals surface area (Å²) < 4.78 is 4.82. The van der Waals surface area contributed by atoms with Crippen molar-refractivity contribution in [2.45, 2.75) is 32.1 Å². The highest BCUT2D eigenvalue weighted by molar-refractivity contribution is 9.09. The maximum absolute atomic E-state index is 11.6. The first-order valence-corrected chi connectivity index (χ1v) is 7.21. The van der Waals surface area contributed by atoms with Crippen molar-refractivity contribution < 1.29 is 14.3 Å². The number of carbonyl (C=O) groups excluding carboxylic acids is 2. The van der Waals surface area contributed by atoms with Crippen molar-refractivity contribution in [2.75, 3.05) is 19.0 Å². The van der Waals surface area contributed by atoms with Crippen LogP contribution in [0.15, 0.2) is 0 Å². The largest absolute Gasteiger partial charge is 0.469 e. The zero-order chi connectivity index (χ0) is 12.7. The lowest BCUT2D eigenvalue weighted by molar-refractivity contribution is -0.148. The SMILES string of the molecule is COC(=O)C1CCCCC1CNC(=O)CCBr. The van der Waals surface area contributed by atoms with Gasteiger partial charge >= 0.3 is 5.97 Å². The van der Waals surface area contributed by atoms with Gasteiger partial charge in [0.15, 0.2) is 0 Å². The predicted octanol–water partition coefficient (Wildman–Crippen LogP) is 1.87. The van der Waals surface area contributed by atoms with Crippen LogP contribution in [0.1, 0.15) is 32.1 Å². The molecule has 1 amide bonds. The van der Waals surface area contributed by atoms with Crippen molar-refractivity contribution in [1.29, 1.82) is 0 Å². The summed E-state index contributed by atoms with van der Waals surface area (Å²) in [6.45, 7) is 0.589. The van der Waals surface area contributed by atoms with Crippen LogP contribution in [0.4, 0.5) is 0 Å². The minimum atomic E-state index is -0.135. The topological polar surface area (TPSA) is 55.4 Å². The van der Waals surface area contributed by atoms with Gasteiger partial charge in [-0.3, -0.25) is 9.59 Å². The third-order valence-corrected chi connectivity index (χ3v) is 3.69. The normalized spacial score (nSPS) is 24.1. The van der Waals surface area contributed by atoms with E-state index in [9.17, 15) is 9.59 Å². The first kappa shape index (κ1) is 14.5. The highest BCUT2D eigenvalue weighted by atomic mass is 79.9. The molecular weight excluding hydrogens is 286 g/mol. The van der Waals surface area contributed by atoms with Crippen molar-refractivity contribution in [2.24, 2.45) is 11.8 Å². The lowest BCUT2D eigenvalue weighted by atomic mass is 9.79. The molecule has 0 aromatic heterocycles. The Morgan fingerprint density at radius 3 is 2.71 bits per heavy atom. The van der Waals surface area contributed by atoms with E-state index >= 15 is 0 Å². The van der Waals surface area contributed by atoms with Crippen LogP contribution in [0.3, 0.4) is 0 Å². The molecule has 5 heteroatoms. The van der Waals surface area contributed by atoms with Gasteiger partial charge in [-0.1, -0.05) is 28.8 Å². The van der Waals surface area contributed by atoms with E-state index in [2.05, 4.69) is 21.2 Å². The van der Waals surface area contributed by atoms with Crippen LogP contribution in [-0.2, 0) is 14.3 Å². The molecule has 98 valence electrons. The molecule has 1 N–H and O–H groups in total. The number of carbonyl (C=O) groups is 2. The molecule has 0 bridgehead atoms. The summed E-state index contributed by atoms with van der Waals surface area (Å²) in [4.78, 5) is 23.0. The van der Waals surface area contributed by atoms with Gasteiger partial charge in [0.2, 0.25) is 5.91 Å². The van der Waals surface area contributed by atoms with Crippen LogP contribution in [0.2, 0.25) is 0 Å². The molecule has 4 nitrogen and oxygen atoms in total. The molecule has 2 unspecified atom stereocenters. The zero-order valence-corrected chi connectivity index (χ0v) is 11.8. The van der Waals surface area contributed by atoms with Crippen molar-refractivity contribution in [3.05, 3.63) is 0 Å². The van der Waals surface area contributed by atoms with E-state index in [0.29, 0.717) is 18.3 Å². The van der Waals surface area contributed by atoms with Gasteiger partial charge in [0.25, 0.3) is 0 Å². The molecule has 1 rings (SSSR count). The Hall–Kier alpha value is -0.580. The third-order valence-electron chi connectivity index (χ3n) is 3.30. The first-order valence-electron chi connectivity index (χ1n) is 6.09. The monoisotopic (exact) mass is 305 g/mol. The fourth-order valence-electron chi connectivity index (χ4n) is 2.33. The summed E-state index contributed by atoms with van der Waals surface area (Å²) >= 11 is 3.23. The lowest BCUT2D eigenvalue weighted by Gasteiger charge is -2.29. The van der Waals surface area contributed by atoms with E-state index in [1.165, 1.54) is 7.11 Å². The van der Waals surface area contributed by atoms with Crippen molar-refractivity contribution in [1.82, 2.24) is 5.32 Å². The Bertz CT molecular complexity index is 270. The first-order chi connectivity index (χ1) is 8.19. The number of methoxy groups -OCH3 is 1. The van der Waals surface area contributed by atoms with Gasteiger partial charge in [0.05, 0.1) is 13.0 Å². The van der Waals surface area contributed by atoms with Gasteiger partial charge < -0.3 is 10.1 Å². The van der Waals surface area contributed by atoms with E-state index in [1.54, 1.807) is 0 Å². The Morgan fingerprint density at radius 2 is 2.06 bits per heavy atom. The van der Waals surface area contributed by atoms with Gasteiger partial charge in [-0.2, -0.15) is 0 Å². The highest BCUT2D eigenvalue weighted by Crippen LogP contribution is 2.30. The summed E-state index contributed by atoms with van der Waals surface area (Å²) in [6.07, 6.45) is 4.56. The Labute approximate surface area is 111 Å². The number of esters is 1. The summed E-state index contributed by atoms with van der Waals surface area (Å²) in [5.41, 5.74) is 0. The minimum Gasteiger partial charge on any atom is -0.469 e. The summed E-state index contributed by atoms with van der Waals surface area (Å²) in [5, 5.41) is 3.56. The number of ether oxygens (including phenoxy) is 1. The molecule has 0 radical (unpaired) electrons. The average Bonchev–Trinajstić information content (AvgIpc) is 2.36. The van der Waals surface area contributed by atoms with Gasteiger partial charge in [0.1, 0.15) is 0 Å². The van der Waals surface area contributed by atoms with Gasteiger partial charge in [-0.05, 0) is 18.8 Å². The Morgan fingerprint density at radius 1 is 1.35 bits per heavy atom. The van der Waals surface area contributed by atoms with E-state index in [-0.39, 0.29) is 23.7 Å². The number of nitrogens with one attached hydrogen (secondary N) is 1. The second-order valence-corrected chi connectivity index (χ2v) is 5.21. The van der Waals surface area contributed by atoms with E-state index < -0.39 is 0 Å². The Kier molecular flexibility index (Phi) is 6.55. The van der Waals surface area contributed by atoms with Crippen molar-refractivity contribution in [3.8, 4) is 0 Å². The average molecular weight is 306 g/mol. The molecule has 0 aromatic rings. The fourth-order valence-corrected chi connectivity index (χ4v) is 2.69. The molecule has 1 aliphatic carbocycles. The smallest absolute Gasteiger partial charge is 0.309 e. The molecule has 0 spiro atoms. The van der Waals surface area contributed by atoms with Gasteiger partial charge in [0, 0.05) is 18.3 Å². The second kappa shape index (κ2) is 7.69. The maximum atomic E-state index is 11.6. The molecule has 1 aliphatic rings.